The van der Waals surface area contributed by atoms with E-state index in [1.807, 2.05) is 0 Å². The molecule has 96 valence electrons. The Kier molecular flexibility index (Phi) is 4.81. The summed E-state index contributed by atoms with van der Waals surface area (Å²) in [6, 6.07) is 0. The van der Waals surface area contributed by atoms with Gasteiger partial charge in [-0.2, -0.15) is 0 Å². The van der Waals surface area contributed by atoms with Gasteiger partial charge in [0, 0.05) is 12.0 Å². The molecular weight excluding hydrogens is 198 g/mol. The predicted molar refractivity (Wildman–Crippen MR) is 69.3 cm³/mol. The largest absolute Gasteiger partial charge is 0.389 e. The Morgan fingerprint density at radius 1 is 1.31 bits per heavy atom. The minimum absolute atomic E-state index is 0.00155. The highest BCUT2D eigenvalue weighted by Gasteiger charge is 2.51. The van der Waals surface area contributed by atoms with Crippen LogP contribution in [0, 0.1) is 11.3 Å². The van der Waals surface area contributed by atoms with Gasteiger partial charge >= 0.3 is 0 Å². The molecule has 0 aromatic carbocycles. The lowest BCUT2D eigenvalue weighted by atomic mass is 9.66. The van der Waals surface area contributed by atoms with E-state index in [-0.39, 0.29) is 5.41 Å². The van der Waals surface area contributed by atoms with Gasteiger partial charge in [-0.3, -0.25) is 0 Å². The van der Waals surface area contributed by atoms with Crippen LogP contribution in [-0.4, -0.2) is 17.3 Å². The van der Waals surface area contributed by atoms with E-state index in [1.54, 1.807) is 0 Å². The monoisotopic (exact) mass is 227 g/mol. The average molecular weight is 227 g/mol. The number of hydrogen-bond acceptors (Lipinski definition) is 2. The highest BCUT2D eigenvalue weighted by molar-refractivity contribution is 5.03. The fourth-order valence-electron chi connectivity index (χ4n) is 3.67. The summed E-state index contributed by atoms with van der Waals surface area (Å²) in [6.07, 6.45) is 7.36. The van der Waals surface area contributed by atoms with E-state index in [1.165, 1.54) is 6.42 Å². The van der Waals surface area contributed by atoms with E-state index in [2.05, 4.69) is 20.8 Å². The maximum Gasteiger partial charge on any atom is 0.0715 e. The zero-order valence-corrected chi connectivity index (χ0v) is 11.3. The molecule has 2 unspecified atom stereocenters. The molecule has 1 fully saturated rings. The Hall–Kier alpha value is -0.0800. The van der Waals surface area contributed by atoms with E-state index in [4.69, 9.17) is 5.73 Å². The third-order valence-corrected chi connectivity index (χ3v) is 4.56. The molecule has 0 saturated heterocycles. The maximum absolute atomic E-state index is 11.0. The molecule has 2 nitrogen and oxygen atoms in total. The third kappa shape index (κ3) is 2.43. The van der Waals surface area contributed by atoms with Crippen LogP contribution >= 0.6 is 0 Å². The Labute approximate surface area is 101 Å². The second-order valence-electron chi connectivity index (χ2n) is 5.86. The first kappa shape index (κ1) is 14.0. The molecule has 0 amide bonds. The van der Waals surface area contributed by atoms with Gasteiger partial charge in [0.2, 0.25) is 0 Å². The lowest BCUT2D eigenvalue weighted by molar-refractivity contribution is -0.0931. The SMILES string of the molecule is CCCC(O)(CCC)C1(CN)CCC(C)C1. The standard InChI is InChI=1S/C14H29NO/c1-4-7-14(16,8-5-2)13(11-15)9-6-12(3)10-13/h12,16H,4-11,15H2,1-3H3. The van der Waals surface area contributed by atoms with Gasteiger partial charge < -0.3 is 10.8 Å². The fraction of sp³-hybridized carbons (Fsp3) is 1.00. The maximum atomic E-state index is 11.0. The van der Waals surface area contributed by atoms with Crippen molar-refractivity contribution in [1.29, 1.82) is 0 Å². The molecule has 0 aliphatic heterocycles. The zero-order chi connectivity index (χ0) is 12.2. The summed E-state index contributed by atoms with van der Waals surface area (Å²) < 4.78 is 0. The van der Waals surface area contributed by atoms with Crippen molar-refractivity contribution < 1.29 is 5.11 Å². The Morgan fingerprint density at radius 3 is 2.19 bits per heavy atom. The summed E-state index contributed by atoms with van der Waals surface area (Å²) >= 11 is 0. The van der Waals surface area contributed by atoms with E-state index in [0.717, 1.165) is 44.4 Å². The molecule has 0 radical (unpaired) electrons. The molecule has 3 N–H and O–H groups in total. The molecule has 0 bridgehead atoms. The molecule has 16 heavy (non-hydrogen) atoms. The molecular formula is C14H29NO. The summed E-state index contributed by atoms with van der Waals surface area (Å²) in [5.41, 5.74) is 5.50. The van der Waals surface area contributed by atoms with Crippen LogP contribution in [0.2, 0.25) is 0 Å². The first-order valence-electron chi connectivity index (χ1n) is 6.96. The van der Waals surface area contributed by atoms with Gasteiger partial charge in [0.1, 0.15) is 0 Å². The van der Waals surface area contributed by atoms with Crippen molar-refractivity contribution >= 4 is 0 Å². The van der Waals surface area contributed by atoms with Gasteiger partial charge in [0.15, 0.2) is 0 Å². The number of aliphatic hydroxyl groups is 1. The number of nitrogens with two attached hydrogens (primary N) is 1. The minimum atomic E-state index is -0.518. The van der Waals surface area contributed by atoms with Crippen LogP contribution in [0.1, 0.15) is 65.7 Å². The van der Waals surface area contributed by atoms with E-state index in [9.17, 15) is 5.11 Å². The smallest absolute Gasteiger partial charge is 0.0715 e. The first-order valence-corrected chi connectivity index (χ1v) is 6.96. The summed E-state index contributed by atoms with van der Waals surface area (Å²) in [5.74, 6) is 0.726. The Morgan fingerprint density at radius 2 is 1.88 bits per heavy atom. The average Bonchev–Trinajstić information content (AvgIpc) is 2.62. The summed E-state index contributed by atoms with van der Waals surface area (Å²) in [5, 5.41) is 11.0. The Balaban J connectivity index is 2.89. The van der Waals surface area contributed by atoms with Crippen molar-refractivity contribution in [1.82, 2.24) is 0 Å². The zero-order valence-electron chi connectivity index (χ0n) is 11.3. The number of rotatable bonds is 6. The van der Waals surface area contributed by atoms with Gasteiger partial charge in [0.25, 0.3) is 0 Å². The normalized spacial score (nSPS) is 30.9. The molecule has 0 spiro atoms. The third-order valence-electron chi connectivity index (χ3n) is 4.56. The highest BCUT2D eigenvalue weighted by atomic mass is 16.3. The molecule has 1 aliphatic rings. The van der Waals surface area contributed by atoms with Crippen molar-refractivity contribution in [3.8, 4) is 0 Å². The van der Waals surface area contributed by atoms with Crippen LogP contribution in [0.5, 0.6) is 0 Å². The molecule has 1 saturated carbocycles. The van der Waals surface area contributed by atoms with Gasteiger partial charge in [-0.15, -0.1) is 0 Å². The molecule has 1 rings (SSSR count). The van der Waals surface area contributed by atoms with E-state index in [0.29, 0.717) is 6.54 Å². The minimum Gasteiger partial charge on any atom is -0.389 e. The lowest BCUT2D eigenvalue weighted by Crippen LogP contribution is -2.51. The van der Waals surface area contributed by atoms with Crippen molar-refractivity contribution in [3.63, 3.8) is 0 Å². The van der Waals surface area contributed by atoms with Gasteiger partial charge in [-0.1, -0.05) is 40.0 Å². The second kappa shape index (κ2) is 5.50. The molecule has 0 aromatic heterocycles. The predicted octanol–water partition coefficient (Wildman–Crippen LogP) is 3.08. The van der Waals surface area contributed by atoms with Crippen LogP contribution in [-0.2, 0) is 0 Å². The molecule has 2 atom stereocenters. The fourth-order valence-corrected chi connectivity index (χ4v) is 3.67. The van der Waals surface area contributed by atoms with Crippen LogP contribution < -0.4 is 5.73 Å². The van der Waals surface area contributed by atoms with Gasteiger partial charge in [-0.05, 0) is 31.6 Å². The second-order valence-corrected chi connectivity index (χ2v) is 5.86. The van der Waals surface area contributed by atoms with Crippen LogP contribution in [0.3, 0.4) is 0 Å². The summed E-state index contributed by atoms with van der Waals surface area (Å²) in [4.78, 5) is 0. The molecule has 1 aliphatic carbocycles. The van der Waals surface area contributed by atoms with Crippen LogP contribution in [0.15, 0.2) is 0 Å². The first-order chi connectivity index (χ1) is 7.53. The molecule has 0 aromatic rings. The quantitative estimate of drug-likeness (QED) is 0.732. The highest BCUT2D eigenvalue weighted by Crippen LogP contribution is 2.51. The van der Waals surface area contributed by atoms with Crippen molar-refractivity contribution in [2.24, 2.45) is 17.1 Å². The van der Waals surface area contributed by atoms with Gasteiger partial charge in [-0.25, -0.2) is 0 Å². The van der Waals surface area contributed by atoms with Crippen molar-refractivity contribution in [2.45, 2.75) is 71.3 Å². The summed E-state index contributed by atoms with van der Waals surface area (Å²) in [6.45, 7) is 7.25. The topological polar surface area (TPSA) is 46.2 Å². The van der Waals surface area contributed by atoms with Crippen molar-refractivity contribution in [3.05, 3.63) is 0 Å². The van der Waals surface area contributed by atoms with E-state index >= 15 is 0 Å². The van der Waals surface area contributed by atoms with Crippen LogP contribution in [0.4, 0.5) is 0 Å². The van der Waals surface area contributed by atoms with Crippen molar-refractivity contribution in [2.75, 3.05) is 6.54 Å². The molecule has 2 heteroatoms. The Bertz CT molecular complexity index is 211. The molecule has 0 heterocycles. The number of hydrogen-bond donors (Lipinski definition) is 2. The van der Waals surface area contributed by atoms with E-state index < -0.39 is 5.60 Å². The van der Waals surface area contributed by atoms with Crippen LogP contribution in [0.25, 0.3) is 0 Å². The summed E-state index contributed by atoms with van der Waals surface area (Å²) in [7, 11) is 0. The van der Waals surface area contributed by atoms with Gasteiger partial charge in [0.05, 0.1) is 5.60 Å². The lowest BCUT2D eigenvalue weighted by Gasteiger charge is -2.45.